The molecule has 0 rings (SSSR count). The van der Waals surface area contributed by atoms with Gasteiger partial charge in [-0.05, 0) is 34.7 Å². The predicted octanol–water partition coefficient (Wildman–Crippen LogP) is 0.722. The molecule has 0 aromatic carbocycles. The molecule has 0 spiro atoms. The van der Waals surface area contributed by atoms with Gasteiger partial charge in [0.05, 0.1) is 0 Å². The molecular formula is C7H18N2. The Bertz CT molecular complexity index is 89.6. The van der Waals surface area contributed by atoms with Crippen LogP contribution in [0.1, 0.15) is 27.7 Å². The average Bonchev–Trinajstić information content (AvgIpc) is 1.64. The highest BCUT2D eigenvalue weighted by Gasteiger charge is 2.31. The summed E-state index contributed by atoms with van der Waals surface area (Å²) in [6, 6.07) is 0. The van der Waals surface area contributed by atoms with Crippen molar-refractivity contribution in [2.24, 2.45) is 5.73 Å². The number of rotatable bonds is 2. The van der Waals surface area contributed by atoms with Crippen LogP contribution in [0, 0.1) is 0 Å². The molecule has 0 aromatic heterocycles. The van der Waals surface area contributed by atoms with E-state index in [1.807, 2.05) is 20.9 Å². The summed E-state index contributed by atoms with van der Waals surface area (Å²) in [7, 11) is 1.93. The van der Waals surface area contributed by atoms with E-state index < -0.39 is 0 Å². The van der Waals surface area contributed by atoms with Crippen LogP contribution >= 0.6 is 0 Å². The number of nitrogens with one attached hydrogen (secondary N) is 1. The molecule has 0 saturated carbocycles. The van der Waals surface area contributed by atoms with Gasteiger partial charge < -0.3 is 11.1 Å². The lowest BCUT2D eigenvalue weighted by Crippen LogP contribution is -2.59. The molecule has 0 bridgehead atoms. The van der Waals surface area contributed by atoms with Crippen LogP contribution in [0.3, 0.4) is 0 Å². The number of nitrogens with two attached hydrogens (primary N) is 1. The highest BCUT2D eigenvalue weighted by Crippen LogP contribution is 2.16. The lowest BCUT2D eigenvalue weighted by Gasteiger charge is -2.38. The lowest BCUT2D eigenvalue weighted by molar-refractivity contribution is 0.259. The van der Waals surface area contributed by atoms with Crippen molar-refractivity contribution >= 4 is 0 Å². The molecule has 0 atom stereocenters. The zero-order valence-corrected chi connectivity index (χ0v) is 7.08. The van der Waals surface area contributed by atoms with E-state index in [0.29, 0.717) is 0 Å². The highest BCUT2D eigenvalue weighted by atomic mass is 15.0. The van der Waals surface area contributed by atoms with Gasteiger partial charge in [-0.2, -0.15) is 0 Å². The van der Waals surface area contributed by atoms with Gasteiger partial charge in [0.15, 0.2) is 0 Å². The van der Waals surface area contributed by atoms with Crippen LogP contribution in [0.5, 0.6) is 0 Å². The van der Waals surface area contributed by atoms with Gasteiger partial charge in [0.1, 0.15) is 0 Å². The Labute approximate surface area is 57.8 Å². The molecule has 9 heavy (non-hydrogen) atoms. The first-order chi connectivity index (χ1) is 3.81. The summed E-state index contributed by atoms with van der Waals surface area (Å²) < 4.78 is 0. The van der Waals surface area contributed by atoms with E-state index in [2.05, 4.69) is 19.2 Å². The molecule has 0 radical (unpaired) electrons. The molecule has 56 valence electrons. The fourth-order valence-electron chi connectivity index (χ4n) is 0.322. The third-order valence-corrected chi connectivity index (χ3v) is 2.24. The first kappa shape index (κ1) is 8.92. The molecule has 0 heterocycles. The third-order valence-electron chi connectivity index (χ3n) is 2.24. The standard InChI is InChI=1S/C7H18N2/c1-6(2,8)7(3,4)9-5/h9H,8H2,1-5H3. The topological polar surface area (TPSA) is 38.0 Å². The van der Waals surface area contributed by atoms with Crippen molar-refractivity contribution in [1.29, 1.82) is 0 Å². The van der Waals surface area contributed by atoms with E-state index in [0.717, 1.165) is 0 Å². The van der Waals surface area contributed by atoms with Crippen LogP contribution < -0.4 is 11.1 Å². The van der Waals surface area contributed by atoms with Crippen molar-refractivity contribution in [2.75, 3.05) is 7.05 Å². The zero-order chi connectivity index (χ0) is 7.71. The Morgan fingerprint density at radius 2 is 1.44 bits per heavy atom. The summed E-state index contributed by atoms with van der Waals surface area (Å²) in [4.78, 5) is 0. The van der Waals surface area contributed by atoms with Crippen LogP contribution in [-0.2, 0) is 0 Å². The monoisotopic (exact) mass is 130 g/mol. The summed E-state index contributed by atoms with van der Waals surface area (Å²) in [6.45, 7) is 8.22. The number of hydrogen-bond acceptors (Lipinski definition) is 2. The Morgan fingerprint density at radius 1 is 1.11 bits per heavy atom. The smallest absolute Gasteiger partial charge is 0.0296 e. The van der Waals surface area contributed by atoms with Gasteiger partial charge in [0, 0.05) is 11.1 Å². The van der Waals surface area contributed by atoms with E-state index in [1.165, 1.54) is 0 Å². The van der Waals surface area contributed by atoms with E-state index >= 15 is 0 Å². The van der Waals surface area contributed by atoms with Gasteiger partial charge >= 0.3 is 0 Å². The number of hydrogen-bond donors (Lipinski definition) is 2. The minimum atomic E-state index is -0.165. The van der Waals surface area contributed by atoms with E-state index in [4.69, 9.17) is 5.73 Å². The van der Waals surface area contributed by atoms with Crippen molar-refractivity contribution in [3.05, 3.63) is 0 Å². The maximum Gasteiger partial charge on any atom is 0.0296 e. The summed E-state index contributed by atoms with van der Waals surface area (Å²) in [5, 5.41) is 3.16. The van der Waals surface area contributed by atoms with Crippen molar-refractivity contribution in [3.8, 4) is 0 Å². The van der Waals surface area contributed by atoms with Gasteiger partial charge in [-0.25, -0.2) is 0 Å². The lowest BCUT2D eigenvalue weighted by atomic mass is 9.84. The molecule has 0 aromatic rings. The first-order valence-electron chi connectivity index (χ1n) is 3.29. The SMILES string of the molecule is CNC(C)(C)C(C)(C)N. The van der Waals surface area contributed by atoms with Gasteiger partial charge in [-0.15, -0.1) is 0 Å². The van der Waals surface area contributed by atoms with Crippen LogP contribution in [0.25, 0.3) is 0 Å². The quantitative estimate of drug-likeness (QED) is 0.578. The Kier molecular flexibility index (Phi) is 2.25. The summed E-state index contributed by atoms with van der Waals surface area (Å²) in [5.41, 5.74) is 5.70. The molecular weight excluding hydrogens is 112 g/mol. The Hall–Kier alpha value is -0.0800. The fraction of sp³-hybridized carbons (Fsp3) is 1.00. The fourth-order valence-corrected chi connectivity index (χ4v) is 0.322. The van der Waals surface area contributed by atoms with Crippen molar-refractivity contribution < 1.29 is 0 Å². The van der Waals surface area contributed by atoms with E-state index in [1.54, 1.807) is 0 Å². The van der Waals surface area contributed by atoms with Gasteiger partial charge in [-0.1, -0.05) is 0 Å². The first-order valence-corrected chi connectivity index (χ1v) is 3.29. The largest absolute Gasteiger partial charge is 0.324 e. The zero-order valence-electron chi connectivity index (χ0n) is 7.08. The Morgan fingerprint density at radius 3 is 1.44 bits per heavy atom. The molecule has 0 amide bonds. The molecule has 0 fully saturated rings. The van der Waals surface area contributed by atoms with Crippen LogP contribution in [0.15, 0.2) is 0 Å². The van der Waals surface area contributed by atoms with Crippen LogP contribution in [0.4, 0.5) is 0 Å². The van der Waals surface area contributed by atoms with Gasteiger partial charge in [-0.3, -0.25) is 0 Å². The summed E-state index contributed by atoms with van der Waals surface area (Å²) in [6.07, 6.45) is 0. The van der Waals surface area contributed by atoms with Crippen molar-refractivity contribution in [1.82, 2.24) is 5.32 Å². The molecule has 0 aliphatic carbocycles. The molecule has 3 N–H and O–H groups in total. The van der Waals surface area contributed by atoms with Gasteiger partial charge in [0.25, 0.3) is 0 Å². The van der Waals surface area contributed by atoms with Gasteiger partial charge in [0.2, 0.25) is 0 Å². The van der Waals surface area contributed by atoms with E-state index in [-0.39, 0.29) is 11.1 Å². The maximum atomic E-state index is 5.86. The molecule has 0 aliphatic heterocycles. The van der Waals surface area contributed by atoms with E-state index in [9.17, 15) is 0 Å². The second kappa shape index (κ2) is 2.27. The average molecular weight is 130 g/mol. The van der Waals surface area contributed by atoms with Crippen LogP contribution in [-0.4, -0.2) is 18.1 Å². The minimum Gasteiger partial charge on any atom is -0.324 e. The minimum absolute atomic E-state index is 0.00694. The Balaban J connectivity index is 4.14. The highest BCUT2D eigenvalue weighted by molar-refractivity contribution is 4.95. The van der Waals surface area contributed by atoms with Crippen LogP contribution in [0.2, 0.25) is 0 Å². The molecule has 0 aliphatic rings. The van der Waals surface area contributed by atoms with Crippen molar-refractivity contribution in [2.45, 2.75) is 38.8 Å². The second-order valence-electron chi connectivity index (χ2n) is 3.60. The second-order valence-corrected chi connectivity index (χ2v) is 3.60. The summed E-state index contributed by atoms with van der Waals surface area (Å²) >= 11 is 0. The molecule has 2 nitrogen and oxygen atoms in total. The predicted molar refractivity (Wildman–Crippen MR) is 41.4 cm³/mol. The number of likely N-dealkylation sites (N-methyl/N-ethyl adjacent to an activating group) is 1. The molecule has 2 heteroatoms. The third kappa shape index (κ3) is 1.95. The summed E-state index contributed by atoms with van der Waals surface area (Å²) in [5.74, 6) is 0. The molecule has 0 saturated heterocycles. The normalized spacial score (nSPS) is 14.0. The maximum absolute atomic E-state index is 5.86. The van der Waals surface area contributed by atoms with Crippen molar-refractivity contribution in [3.63, 3.8) is 0 Å². The molecule has 0 unspecified atom stereocenters.